The minimum Gasteiger partial charge on any atom is -0.373 e. The minimum absolute atomic E-state index is 0.237. The number of benzene rings is 1. The van der Waals surface area contributed by atoms with E-state index < -0.39 is 5.60 Å². The lowest BCUT2D eigenvalue weighted by Gasteiger charge is -2.22. The zero-order chi connectivity index (χ0) is 13.3. The molecule has 0 spiro atoms. The highest BCUT2D eigenvalue weighted by Gasteiger charge is 2.44. The van der Waals surface area contributed by atoms with Gasteiger partial charge in [0.2, 0.25) is 0 Å². The van der Waals surface area contributed by atoms with Crippen molar-refractivity contribution in [3.63, 3.8) is 0 Å². The average Bonchev–Trinajstić information content (AvgIpc) is 3.15. The Morgan fingerprint density at radius 2 is 1.95 bits per heavy atom. The van der Waals surface area contributed by atoms with Crippen LogP contribution in [-0.4, -0.2) is 5.11 Å². The normalized spacial score (nSPS) is 17.4. The van der Waals surface area contributed by atoms with Gasteiger partial charge in [-0.2, -0.15) is 0 Å². The lowest BCUT2D eigenvalue weighted by Crippen LogP contribution is -2.26. The number of aliphatic hydroxyl groups is 1. The third-order valence-electron chi connectivity index (χ3n) is 3.35. The lowest BCUT2D eigenvalue weighted by molar-refractivity contribution is 0.0757. The Hall–Kier alpha value is -1.27. The SMILES string of the molecule is OC(C#Cc1cccs1)(c1ccc(Cl)cc1)C1CC1. The van der Waals surface area contributed by atoms with Crippen LogP contribution in [0.2, 0.25) is 5.02 Å². The van der Waals surface area contributed by atoms with E-state index in [1.165, 1.54) is 0 Å². The van der Waals surface area contributed by atoms with Crippen LogP contribution in [0.1, 0.15) is 23.3 Å². The van der Waals surface area contributed by atoms with E-state index in [-0.39, 0.29) is 5.92 Å². The first kappa shape index (κ1) is 12.7. The molecule has 1 saturated carbocycles. The van der Waals surface area contributed by atoms with Crippen molar-refractivity contribution < 1.29 is 5.11 Å². The molecule has 1 aromatic heterocycles. The summed E-state index contributed by atoms with van der Waals surface area (Å²) in [7, 11) is 0. The van der Waals surface area contributed by atoms with Gasteiger partial charge in [0, 0.05) is 10.9 Å². The van der Waals surface area contributed by atoms with Crippen molar-refractivity contribution in [1.82, 2.24) is 0 Å². The topological polar surface area (TPSA) is 20.2 Å². The Kier molecular flexibility index (Phi) is 3.36. The minimum atomic E-state index is -1.05. The van der Waals surface area contributed by atoms with Crippen molar-refractivity contribution >= 4 is 22.9 Å². The summed E-state index contributed by atoms with van der Waals surface area (Å²) in [5, 5.41) is 13.6. The molecular weight excluding hydrogens is 276 g/mol. The average molecular weight is 289 g/mol. The summed E-state index contributed by atoms with van der Waals surface area (Å²) >= 11 is 7.49. The van der Waals surface area contributed by atoms with Gasteiger partial charge in [-0.25, -0.2) is 0 Å². The van der Waals surface area contributed by atoms with E-state index in [0.29, 0.717) is 5.02 Å². The second kappa shape index (κ2) is 5.02. The Morgan fingerprint density at radius 3 is 2.53 bits per heavy atom. The number of thiophene rings is 1. The molecule has 1 aliphatic rings. The molecule has 0 bridgehead atoms. The third-order valence-corrected chi connectivity index (χ3v) is 4.39. The first-order valence-electron chi connectivity index (χ1n) is 6.23. The second-order valence-electron chi connectivity index (χ2n) is 4.77. The van der Waals surface area contributed by atoms with Crippen molar-refractivity contribution in [2.24, 2.45) is 5.92 Å². The molecule has 3 heteroatoms. The van der Waals surface area contributed by atoms with Crippen LogP contribution in [0.5, 0.6) is 0 Å². The summed E-state index contributed by atoms with van der Waals surface area (Å²) in [6.07, 6.45) is 2.05. The maximum absolute atomic E-state index is 10.9. The van der Waals surface area contributed by atoms with Crippen molar-refractivity contribution in [2.75, 3.05) is 0 Å². The molecule has 19 heavy (non-hydrogen) atoms. The number of rotatable bonds is 2. The van der Waals surface area contributed by atoms with Gasteiger partial charge < -0.3 is 5.11 Å². The number of halogens is 1. The molecular formula is C16H13ClOS. The number of hydrogen-bond donors (Lipinski definition) is 1. The molecule has 1 aromatic carbocycles. The smallest absolute Gasteiger partial charge is 0.154 e. The van der Waals surface area contributed by atoms with E-state index in [2.05, 4.69) is 11.8 Å². The van der Waals surface area contributed by atoms with Crippen molar-refractivity contribution in [1.29, 1.82) is 0 Å². The van der Waals surface area contributed by atoms with E-state index in [9.17, 15) is 5.11 Å². The Labute approximate surface area is 121 Å². The molecule has 3 rings (SSSR count). The van der Waals surface area contributed by atoms with Crippen molar-refractivity contribution in [3.05, 3.63) is 57.2 Å². The van der Waals surface area contributed by atoms with Gasteiger partial charge in [-0.15, -0.1) is 11.3 Å². The van der Waals surface area contributed by atoms with Gasteiger partial charge in [-0.05, 0) is 42.0 Å². The third kappa shape index (κ3) is 2.69. The van der Waals surface area contributed by atoms with Gasteiger partial charge in [-0.1, -0.05) is 41.6 Å². The zero-order valence-corrected chi connectivity index (χ0v) is 11.8. The standard InChI is InChI=1S/C16H13ClOS/c17-14-7-5-13(6-8-14)16(18,12-3-4-12)10-9-15-2-1-11-19-15/h1-2,5-8,11-12,18H,3-4H2. The summed E-state index contributed by atoms with van der Waals surface area (Å²) in [5.41, 5.74) is -0.211. The molecule has 1 aliphatic carbocycles. The molecule has 0 aliphatic heterocycles. The molecule has 0 radical (unpaired) electrons. The molecule has 1 N–H and O–H groups in total. The summed E-state index contributed by atoms with van der Waals surface area (Å²) in [5.74, 6) is 6.39. The van der Waals surface area contributed by atoms with E-state index >= 15 is 0 Å². The highest BCUT2D eigenvalue weighted by Crippen LogP contribution is 2.45. The predicted octanol–water partition coefficient (Wildman–Crippen LogP) is 4.05. The summed E-state index contributed by atoms with van der Waals surface area (Å²) in [6.45, 7) is 0. The molecule has 1 fully saturated rings. The molecule has 1 heterocycles. The molecule has 2 aromatic rings. The van der Waals surface area contributed by atoms with E-state index in [1.807, 2.05) is 29.6 Å². The van der Waals surface area contributed by atoms with Gasteiger partial charge in [0.05, 0.1) is 4.88 Å². The van der Waals surface area contributed by atoms with Crippen molar-refractivity contribution in [2.45, 2.75) is 18.4 Å². The van der Waals surface area contributed by atoms with Crippen LogP contribution in [0.15, 0.2) is 41.8 Å². The van der Waals surface area contributed by atoms with Crippen LogP contribution < -0.4 is 0 Å². The van der Waals surface area contributed by atoms with Crippen LogP contribution in [0.3, 0.4) is 0 Å². The fourth-order valence-electron chi connectivity index (χ4n) is 2.12. The zero-order valence-electron chi connectivity index (χ0n) is 10.3. The van der Waals surface area contributed by atoms with Gasteiger partial charge >= 0.3 is 0 Å². The van der Waals surface area contributed by atoms with Gasteiger partial charge in [0.15, 0.2) is 5.60 Å². The van der Waals surface area contributed by atoms with Gasteiger partial charge in [-0.3, -0.25) is 0 Å². The highest BCUT2D eigenvalue weighted by atomic mass is 35.5. The lowest BCUT2D eigenvalue weighted by atomic mass is 9.89. The monoisotopic (exact) mass is 288 g/mol. The maximum Gasteiger partial charge on any atom is 0.154 e. The highest BCUT2D eigenvalue weighted by molar-refractivity contribution is 7.10. The van der Waals surface area contributed by atoms with Crippen LogP contribution in [0.25, 0.3) is 0 Å². The number of hydrogen-bond acceptors (Lipinski definition) is 2. The summed E-state index contributed by atoms with van der Waals surface area (Å²) < 4.78 is 0. The van der Waals surface area contributed by atoms with Gasteiger partial charge in [0.1, 0.15) is 0 Å². The van der Waals surface area contributed by atoms with E-state index in [1.54, 1.807) is 23.5 Å². The molecule has 0 saturated heterocycles. The quantitative estimate of drug-likeness (QED) is 0.827. The second-order valence-corrected chi connectivity index (χ2v) is 6.16. The Bertz CT molecular complexity index is 617. The Balaban J connectivity index is 1.97. The van der Waals surface area contributed by atoms with Crippen molar-refractivity contribution in [3.8, 4) is 11.8 Å². The fraction of sp³-hybridized carbons (Fsp3) is 0.250. The molecule has 1 nitrogen and oxygen atoms in total. The first-order chi connectivity index (χ1) is 9.18. The molecule has 1 unspecified atom stereocenters. The van der Waals surface area contributed by atoms with Crippen LogP contribution >= 0.6 is 22.9 Å². The maximum atomic E-state index is 10.9. The first-order valence-corrected chi connectivity index (χ1v) is 7.49. The van der Waals surface area contributed by atoms with E-state index in [4.69, 9.17) is 11.6 Å². The van der Waals surface area contributed by atoms with Crippen LogP contribution in [-0.2, 0) is 5.60 Å². The van der Waals surface area contributed by atoms with Gasteiger partial charge in [0.25, 0.3) is 0 Å². The molecule has 96 valence electrons. The molecule has 0 amide bonds. The van der Waals surface area contributed by atoms with E-state index in [0.717, 1.165) is 23.3 Å². The predicted molar refractivity (Wildman–Crippen MR) is 79.3 cm³/mol. The summed E-state index contributed by atoms with van der Waals surface area (Å²) in [6, 6.07) is 11.3. The molecule has 1 atom stereocenters. The largest absolute Gasteiger partial charge is 0.373 e. The van der Waals surface area contributed by atoms with Crippen LogP contribution in [0, 0.1) is 17.8 Å². The Morgan fingerprint density at radius 1 is 1.21 bits per heavy atom. The van der Waals surface area contributed by atoms with Crippen LogP contribution in [0.4, 0.5) is 0 Å². The fourth-order valence-corrected chi connectivity index (χ4v) is 2.82. The summed E-state index contributed by atoms with van der Waals surface area (Å²) in [4.78, 5) is 0.980.